The molecule has 5 aliphatic rings. The molecule has 5 fully saturated rings. The van der Waals surface area contributed by atoms with Gasteiger partial charge in [-0.25, -0.2) is 29.9 Å². The van der Waals surface area contributed by atoms with Crippen LogP contribution < -0.4 is 38.7 Å². The normalized spacial score (nSPS) is 16.7. The summed E-state index contributed by atoms with van der Waals surface area (Å²) in [6.07, 6.45) is 9.43. The van der Waals surface area contributed by atoms with Crippen molar-refractivity contribution in [3.63, 3.8) is 0 Å². The molecular weight excluding hydrogens is 1920 g/mol. The number of para-hydroxylation sites is 10. The van der Waals surface area contributed by atoms with Crippen LogP contribution in [0.1, 0.15) is 44.0 Å². The van der Waals surface area contributed by atoms with Gasteiger partial charge in [-0.15, -0.1) is 11.3 Å². The number of aliphatic hydroxyl groups excluding tert-OH is 1. The molecular formula is C118H93N11O10S6. The Bertz CT molecular complexity index is 7440. The van der Waals surface area contributed by atoms with Crippen LogP contribution in [0, 0.1) is 6.92 Å². The number of amides is 5. The number of ether oxygens (including phenoxy) is 4. The first kappa shape index (κ1) is 100. The van der Waals surface area contributed by atoms with Crippen molar-refractivity contribution >= 4 is 223 Å². The highest BCUT2D eigenvalue weighted by atomic mass is 32.2. The van der Waals surface area contributed by atoms with Gasteiger partial charge in [0.05, 0.1) is 131 Å². The number of nitrogens with zero attached hydrogens (tertiary/aromatic N) is 11. The number of amidine groups is 5. The number of thiazole rings is 1. The van der Waals surface area contributed by atoms with Crippen molar-refractivity contribution in [2.75, 3.05) is 52.9 Å². The van der Waals surface area contributed by atoms with Crippen LogP contribution in [0.5, 0.6) is 17.2 Å². The first-order valence-electron chi connectivity index (χ1n) is 45.7. The number of thioether (sulfide) groups is 5. The smallest absolute Gasteiger partial charge is 0.271 e. The molecule has 5 aliphatic heterocycles. The summed E-state index contributed by atoms with van der Waals surface area (Å²) >= 11 is 8.53. The molecule has 0 bridgehead atoms. The van der Waals surface area contributed by atoms with Crippen molar-refractivity contribution in [2.24, 2.45) is 25.0 Å². The molecule has 716 valence electrons. The van der Waals surface area contributed by atoms with Crippen LogP contribution in [0.3, 0.4) is 0 Å². The first-order valence-corrected chi connectivity index (χ1v) is 50.6. The number of aliphatic imine (C=N–C) groups is 5. The van der Waals surface area contributed by atoms with Gasteiger partial charge >= 0.3 is 0 Å². The summed E-state index contributed by atoms with van der Waals surface area (Å²) in [6.45, 7) is 2.57. The number of rotatable bonds is 21. The zero-order chi connectivity index (χ0) is 100. The standard InChI is InChI=1S/C24H17N3OS2.C24H20N2O3S.C24H20N2O2S.2C23H18N2O2S/c1-16-25-20-13-12-17(14-21(20)29-16)15-22-23(28)27(19-10-6-3-7-11-19)24(30-22)26-18-8-4-2-5-9-18;1-28-20-14-13-17(15-21(20)29-2)16-22-23(27)26(19-11-7-4-8-12-19)24(30-22)25-18-9-5-3-6-10-18;1-28-17-19-14-12-18(13-15-19)16-22-23(27)26(21-10-6-3-7-11-21)24(29-22)25-20-8-4-2-5-9-20;1-27-20-14-12-17(13-15-20)16-21-22(26)25(19-10-6-3-7-11-19)23(28-21)24-18-8-4-2-5-9-18;26-16-18-13-11-17(12-14-18)15-21-22(27)25(20-9-5-2-6-10-20)23(28-21)24-19-7-3-1-4-8-19/h2-15H,1H3;3-16H,1-2H3;2-16H,17H2,1H3;2-16H,1H3;1-15,26H,16H2/b22-15-,26-24?;2*22-16-,25-24?;21-16-,24-23?;21-15-,24-23?. The third-order valence-electron chi connectivity index (χ3n) is 22.0. The van der Waals surface area contributed by atoms with Gasteiger partial charge in [-0.05, 0) is 293 Å². The van der Waals surface area contributed by atoms with E-state index in [4.69, 9.17) is 43.9 Å². The highest BCUT2D eigenvalue weighted by Crippen LogP contribution is 2.45. The summed E-state index contributed by atoms with van der Waals surface area (Å²) in [6, 6.07) is 131. The van der Waals surface area contributed by atoms with Crippen molar-refractivity contribution in [1.82, 2.24) is 4.98 Å². The fourth-order valence-electron chi connectivity index (χ4n) is 15.0. The number of hydrogen-bond acceptors (Lipinski definition) is 22. The average Bonchev–Trinajstić information content (AvgIpc) is 1.69. The van der Waals surface area contributed by atoms with E-state index in [1.807, 2.05) is 444 Å². The number of hydrogen-bond donors (Lipinski definition) is 1. The molecule has 1 N–H and O–H groups in total. The fourth-order valence-corrected chi connectivity index (χ4v) is 20.9. The number of carbonyl (C=O) groups is 5. The van der Waals surface area contributed by atoms with E-state index in [0.717, 1.165) is 117 Å². The molecule has 5 saturated heterocycles. The summed E-state index contributed by atoms with van der Waals surface area (Å²) in [5.41, 5.74) is 15.6. The topological polar surface area (TPSA) is 233 Å². The molecule has 16 aromatic rings. The molecule has 1 aromatic heterocycles. The lowest BCUT2D eigenvalue weighted by Crippen LogP contribution is -2.28. The number of fused-ring (bicyclic) bond motifs is 1. The maximum absolute atomic E-state index is 13.3. The molecule has 5 amide bonds. The summed E-state index contributed by atoms with van der Waals surface area (Å²) in [5.74, 6) is 1.60. The molecule has 15 aromatic carbocycles. The Morgan fingerprint density at radius 1 is 0.283 bits per heavy atom. The third kappa shape index (κ3) is 26.0. The predicted molar refractivity (Wildman–Crippen MR) is 602 cm³/mol. The number of anilines is 5. The summed E-state index contributed by atoms with van der Waals surface area (Å²) < 4.78 is 22.1. The minimum atomic E-state index is -0.115. The summed E-state index contributed by atoms with van der Waals surface area (Å²) in [7, 11) is 6.49. The van der Waals surface area contributed by atoms with Crippen LogP contribution >= 0.6 is 70.1 Å². The predicted octanol–water partition coefficient (Wildman–Crippen LogP) is 28.1. The van der Waals surface area contributed by atoms with E-state index in [1.165, 1.54) is 58.8 Å². The highest BCUT2D eigenvalue weighted by molar-refractivity contribution is 8.20. The Morgan fingerprint density at radius 3 is 0.814 bits per heavy atom. The minimum Gasteiger partial charge on any atom is -0.497 e. The van der Waals surface area contributed by atoms with Gasteiger partial charge in [0.25, 0.3) is 29.5 Å². The van der Waals surface area contributed by atoms with Gasteiger partial charge in [-0.1, -0.05) is 255 Å². The van der Waals surface area contributed by atoms with Crippen molar-refractivity contribution in [3.05, 3.63) is 481 Å². The molecule has 27 heteroatoms. The Morgan fingerprint density at radius 2 is 0.538 bits per heavy atom. The quantitative estimate of drug-likeness (QED) is 0.0659. The summed E-state index contributed by atoms with van der Waals surface area (Å²) in [5, 5.41) is 13.4. The Balaban J connectivity index is 0.000000124. The maximum atomic E-state index is 13.3. The number of aromatic nitrogens is 1. The second kappa shape index (κ2) is 49.4. The van der Waals surface area contributed by atoms with Gasteiger partial charge in [-0.2, -0.15) is 0 Å². The van der Waals surface area contributed by atoms with E-state index in [2.05, 4.69) is 11.1 Å². The minimum absolute atomic E-state index is 0.000197. The number of aryl methyl sites for hydroxylation is 1. The van der Waals surface area contributed by atoms with Crippen LogP contribution in [0.15, 0.2) is 462 Å². The van der Waals surface area contributed by atoms with E-state index in [0.29, 0.717) is 68.5 Å². The zero-order valence-electron chi connectivity index (χ0n) is 79.1. The van der Waals surface area contributed by atoms with Gasteiger partial charge in [0, 0.05) is 7.11 Å². The molecule has 0 saturated carbocycles. The van der Waals surface area contributed by atoms with Crippen LogP contribution in [-0.4, -0.2) is 93.9 Å². The second-order valence-corrected chi connectivity index (χ2v) is 38.3. The number of benzene rings is 15. The van der Waals surface area contributed by atoms with Crippen LogP contribution in [0.4, 0.5) is 56.9 Å². The molecule has 21 nitrogen and oxygen atoms in total. The van der Waals surface area contributed by atoms with Crippen molar-refractivity contribution in [2.45, 2.75) is 20.1 Å². The molecule has 0 aliphatic carbocycles. The Kier molecular flexibility index (Phi) is 34.1. The lowest BCUT2D eigenvalue weighted by molar-refractivity contribution is -0.114. The SMILES string of the molecule is COCc1ccc(/C=C2\SC(=Nc3ccccc3)N(c3ccccc3)C2=O)cc1.COc1ccc(/C=C2\SC(=Nc3ccccc3)N(c3ccccc3)C2=O)cc1.COc1ccc(/C=C2\SC(=Nc3ccccc3)N(c3ccccc3)C2=O)cc1OC.Cc1nc2ccc(/C=C3\SC(=Nc4ccccc4)N(c4ccccc4)C3=O)cc2s1.O=C1/C(=C/c2ccc(CO)cc2)SC(=Nc2ccccc2)N1c1ccccc1. The molecule has 21 rings (SSSR count). The highest BCUT2D eigenvalue weighted by Gasteiger charge is 2.40. The lowest BCUT2D eigenvalue weighted by atomic mass is 10.1. The third-order valence-corrected chi connectivity index (χ3v) is 27.8. The molecule has 0 unspecified atom stereocenters. The van der Waals surface area contributed by atoms with E-state index in [1.54, 1.807) is 64.3 Å². The van der Waals surface area contributed by atoms with Gasteiger partial charge in [-0.3, -0.25) is 48.5 Å². The number of carbonyl (C=O) groups excluding carboxylic acids is 5. The second-order valence-electron chi connectivity index (χ2n) is 32.0. The Hall–Kier alpha value is -16.3. The molecule has 0 atom stereocenters. The first-order chi connectivity index (χ1) is 71.1. The fraction of sp³-hybridized carbons (Fsp3) is 0.0593. The number of methoxy groups -OCH3 is 4. The molecule has 0 spiro atoms. The van der Waals surface area contributed by atoms with E-state index >= 15 is 0 Å². The van der Waals surface area contributed by atoms with E-state index in [9.17, 15) is 29.1 Å². The van der Waals surface area contributed by atoms with E-state index in [-0.39, 0.29) is 36.1 Å². The van der Waals surface area contributed by atoms with Gasteiger partial charge < -0.3 is 24.1 Å². The van der Waals surface area contributed by atoms with Gasteiger partial charge in [0.15, 0.2) is 37.3 Å². The largest absolute Gasteiger partial charge is 0.497 e. The molecule has 145 heavy (non-hydrogen) atoms. The van der Waals surface area contributed by atoms with Crippen LogP contribution in [0.2, 0.25) is 0 Å². The van der Waals surface area contributed by atoms with Crippen LogP contribution in [-0.2, 0) is 41.9 Å². The van der Waals surface area contributed by atoms with Crippen molar-refractivity contribution < 1.29 is 48.0 Å². The zero-order valence-corrected chi connectivity index (χ0v) is 84.0. The monoisotopic (exact) mass is 2020 g/mol. The number of aliphatic hydroxyl groups is 1. The Labute approximate surface area is 865 Å². The van der Waals surface area contributed by atoms with Gasteiger partial charge in [0.1, 0.15) is 5.75 Å². The average molecular weight is 2020 g/mol. The van der Waals surface area contributed by atoms with Crippen LogP contribution in [0.25, 0.3) is 40.6 Å². The summed E-state index contributed by atoms with van der Waals surface area (Å²) in [4.78, 5) is 106. The van der Waals surface area contributed by atoms with Crippen molar-refractivity contribution in [1.29, 1.82) is 0 Å². The maximum Gasteiger partial charge on any atom is 0.271 e. The lowest BCUT2D eigenvalue weighted by Gasteiger charge is -2.15. The van der Waals surface area contributed by atoms with Crippen molar-refractivity contribution in [3.8, 4) is 17.2 Å². The molecule has 0 radical (unpaired) electrons. The van der Waals surface area contributed by atoms with E-state index < -0.39 is 0 Å². The van der Waals surface area contributed by atoms with Gasteiger partial charge in [0.2, 0.25) is 0 Å². The molecule has 6 heterocycles.